The molecule has 57 heavy (non-hydrogen) atoms. The van der Waals surface area contributed by atoms with Crippen LogP contribution in [0.3, 0.4) is 0 Å². The van der Waals surface area contributed by atoms with Crippen LogP contribution >= 0.6 is 0 Å². The number of nitrogens with zero attached hydrogens (tertiary/aromatic N) is 2. The average Bonchev–Trinajstić information content (AvgIpc) is 3.77. The van der Waals surface area contributed by atoms with Crippen LogP contribution in [0.15, 0.2) is 224 Å². The summed E-state index contributed by atoms with van der Waals surface area (Å²) in [5.41, 5.74) is 17.9. The molecule has 2 heteroatoms. The number of fused-ring (bicyclic) bond motifs is 8. The van der Waals surface area contributed by atoms with E-state index in [-0.39, 0.29) is 5.92 Å². The molecular weight excluding hydrogens is 689 g/mol. The van der Waals surface area contributed by atoms with Gasteiger partial charge in [0, 0.05) is 29.5 Å². The van der Waals surface area contributed by atoms with E-state index in [0.29, 0.717) is 0 Å². The summed E-state index contributed by atoms with van der Waals surface area (Å²) in [6.45, 7) is 0.834. The van der Waals surface area contributed by atoms with Crippen LogP contribution in [0.5, 0.6) is 0 Å². The minimum atomic E-state index is -0.633. The molecule has 0 bridgehead atoms. The highest BCUT2D eigenvalue weighted by molar-refractivity contribution is 5.96. The second-order valence-electron chi connectivity index (χ2n) is 15.3. The highest BCUT2D eigenvalue weighted by Crippen LogP contribution is 2.64. The first-order valence-corrected chi connectivity index (χ1v) is 19.9. The first-order valence-electron chi connectivity index (χ1n) is 19.9. The van der Waals surface area contributed by atoms with Gasteiger partial charge in [-0.25, -0.2) is 0 Å². The molecule has 1 atom stereocenters. The maximum Gasteiger partial charge on any atom is 0.0783 e. The van der Waals surface area contributed by atoms with Crippen LogP contribution in [0, 0.1) is 5.92 Å². The van der Waals surface area contributed by atoms with Crippen LogP contribution in [-0.2, 0) is 5.41 Å². The van der Waals surface area contributed by atoms with Gasteiger partial charge in [-0.2, -0.15) is 0 Å². The second kappa shape index (κ2) is 13.5. The van der Waals surface area contributed by atoms with Crippen molar-refractivity contribution in [3.8, 4) is 22.3 Å². The van der Waals surface area contributed by atoms with Crippen LogP contribution in [0.2, 0.25) is 0 Å². The SMILES string of the molecule is C1=CC(CN2c3ccccc3C3(c4ccccc42)c2cc(-c4ccccc4)ccc2N(c2ccccc2)c2ccc(-c4ccccc4)cc23)C=C1c1ccccc1. The fourth-order valence-corrected chi connectivity index (χ4v) is 9.63. The van der Waals surface area contributed by atoms with E-state index in [1.54, 1.807) is 0 Å². The Labute approximate surface area is 335 Å². The summed E-state index contributed by atoms with van der Waals surface area (Å²) in [5, 5.41) is 0. The van der Waals surface area contributed by atoms with E-state index in [4.69, 9.17) is 0 Å². The highest BCUT2D eigenvalue weighted by atomic mass is 15.2. The largest absolute Gasteiger partial charge is 0.340 e. The van der Waals surface area contributed by atoms with E-state index in [9.17, 15) is 0 Å². The first-order chi connectivity index (χ1) is 28.3. The van der Waals surface area contributed by atoms with Crippen LogP contribution in [0.1, 0.15) is 27.8 Å². The molecule has 1 aliphatic carbocycles. The predicted molar refractivity (Wildman–Crippen MR) is 238 cm³/mol. The van der Waals surface area contributed by atoms with E-state index < -0.39 is 5.41 Å². The molecule has 11 rings (SSSR count). The molecule has 2 nitrogen and oxygen atoms in total. The van der Waals surface area contributed by atoms with Crippen molar-refractivity contribution < 1.29 is 0 Å². The van der Waals surface area contributed by atoms with Gasteiger partial charge in [-0.1, -0.05) is 176 Å². The highest BCUT2D eigenvalue weighted by Gasteiger charge is 2.52. The molecule has 0 saturated carbocycles. The van der Waals surface area contributed by atoms with E-state index in [2.05, 4.69) is 234 Å². The van der Waals surface area contributed by atoms with E-state index >= 15 is 0 Å². The summed E-state index contributed by atoms with van der Waals surface area (Å²) in [6.07, 6.45) is 7.11. The summed E-state index contributed by atoms with van der Waals surface area (Å²) in [6, 6.07) is 75.9. The fraction of sp³-hybridized carbons (Fsp3) is 0.0545. The number of rotatable bonds is 6. The minimum Gasteiger partial charge on any atom is -0.340 e. The third-order valence-electron chi connectivity index (χ3n) is 12.1. The Morgan fingerprint density at radius 1 is 0.386 bits per heavy atom. The van der Waals surface area contributed by atoms with Gasteiger partial charge in [-0.05, 0) is 104 Å². The lowest BCUT2D eigenvalue weighted by atomic mass is 9.59. The molecule has 0 N–H and O–H groups in total. The van der Waals surface area contributed by atoms with Gasteiger partial charge < -0.3 is 9.80 Å². The molecule has 0 saturated heterocycles. The summed E-state index contributed by atoms with van der Waals surface area (Å²) in [5.74, 6) is 0.254. The van der Waals surface area contributed by atoms with Crippen molar-refractivity contribution >= 4 is 34.0 Å². The third kappa shape index (κ3) is 5.33. The van der Waals surface area contributed by atoms with Crippen molar-refractivity contribution in [2.45, 2.75) is 5.41 Å². The Bertz CT molecular complexity index is 2680. The standard InChI is InChI=1S/C55H40N2/c1-5-17-40(18-6-1)43-30-29-39(35-43)38-56-51-27-15-13-25-47(51)55(48-26-14-16-28-52(48)56)49-36-44(41-19-7-2-8-20-41)31-33-53(49)57(46-23-11-4-12-24-46)54-34-32-45(37-50(54)55)42-21-9-3-10-22-42/h1-37,39H,38H2. The van der Waals surface area contributed by atoms with Gasteiger partial charge in [0.15, 0.2) is 0 Å². The molecule has 8 aromatic carbocycles. The molecule has 2 aliphatic heterocycles. The van der Waals surface area contributed by atoms with E-state index in [0.717, 1.165) is 12.2 Å². The normalized spacial score (nSPS) is 15.7. The van der Waals surface area contributed by atoms with Gasteiger partial charge in [0.25, 0.3) is 0 Å². The summed E-state index contributed by atoms with van der Waals surface area (Å²) < 4.78 is 0. The van der Waals surface area contributed by atoms with Crippen molar-refractivity contribution in [2.75, 3.05) is 16.3 Å². The average molecular weight is 729 g/mol. The summed E-state index contributed by atoms with van der Waals surface area (Å²) in [4.78, 5) is 5.07. The Kier molecular flexibility index (Phi) is 7.89. The third-order valence-corrected chi connectivity index (χ3v) is 12.1. The Hall–Kier alpha value is -7.16. The van der Waals surface area contributed by atoms with Crippen LogP contribution in [-0.4, -0.2) is 6.54 Å². The summed E-state index contributed by atoms with van der Waals surface area (Å²) in [7, 11) is 0. The van der Waals surface area contributed by atoms with Crippen molar-refractivity contribution in [2.24, 2.45) is 5.92 Å². The minimum absolute atomic E-state index is 0.254. The molecule has 2 heterocycles. The molecule has 1 spiro atoms. The fourth-order valence-electron chi connectivity index (χ4n) is 9.63. The lowest BCUT2D eigenvalue weighted by Crippen LogP contribution is -2.43. The summed E-state index contributed by atoms with van der Waals surface area (Å²) >= 11 is 0. The van der Waals surface area contributed by atoms with Gasteiger partial charge in [-0.15, -0.1) is 0 Å². The molecule has 0 aromatic heterocycles. The number of para-hydroxylation sites is 3. The number of benzene rings is 8. The Balaban J connectivity index is 1.20. The van der Waals surface area contributed by atoms with Gasteiger partial charge in [0.1, 0.15) is 0 Å². The maximum absolute atomic E-state index is 2.58. The van der Waals surface area contributed by atoms with Crippen molar-refractivity contribution in [3.05, 3.63) is 252 Å². The monoisotopic (exact) mass is 728 g/mol. The molecule has 0 amide bonds. The molecule has 8 aromatic rings. The molecule has 1 unspecified atom stereocenters. The lowest BCUT2D eigenvalue weighted by Gasteiger charge is -2.51. The predicted octanol–water partition coefficient (Wildman–Crippen LogP) is 13.9. The van der Waals surface area contributed by atoms with E-state index in [1.165, 1.54) is 78.4 Å². The smallest absolute Gasteiger partial charge is 0.0783 e. The quantitative estimate of drug-likeness (QED) is 0.168. The topological polar surface area (TPSA) is 6.48 Å². The van der Waals surface area contributed by atoms with Crippen LogP contribution < -0.4 is 9.80 Å². The molecule has 3 aliphatic rings. The second-order valence-corrected chi connectivity index (χ2v) is 15.3. The van der Waals surface area contributed by atoms with Gasteiger partial charge in [-0.3, -0.25) is 0 Å². The zero-order valence-corrected chi connectivity index (χ0v) is 31.5. The van der Waals surface area contributed by atoms with E-state index in [1.807, 2.05) is 0 Å². The lowest BCUT2D eigenvalue weighted by molar-refractivity contribution is 0.692. The zero-order valence-electron chi connectivity index (χ0n) is 31.5. The number of allylic oxidation sites excluding steroid dienone is 2. The van der Waals surface area contributed by atoms with Gasteiger partial charge >= 0.3 is 0 Å². The first kappa shape index (κ1) is 33.2. The van der Waals surface area contributed by atoms with Gasteiger partial charge in [0.05, 0.1) is 16.8 Å². The van der Waals surface area contributed by atoms with Gasteiger partial charge in [0.2, 0.25) is 0 Å². The number of hydrogen-bond acceptors (Lipinski definition) is 2. The number of anilines is 5. The molecule has 270 valence electrons. The maximum atomic E-state index is 2.58. The van der Waals surface area contributed by atoms with Crippen LogP contribution in [0.4, 0.5) is 28.4 Å². The molecule has 0 fully saturated rings. The Morgan fingerprint density at radius 3 is 1.37 bits per heavy atom. The molecule has 0 radical (unpaired) electrons. The molecular formula is C55H40N2. The number of hydrogen-bond donors (Lipinski definition) is 0. The van der Waals surface area contributed by atoms with Crippen molar-refractivity contribution in [3.63, 3.8) is 0 Å². The zero-order chi connectivity index (χ0) is 37.8. The van der Waals surface area contributed by atoms with Crippen molar-refractivity contribution in [1.82, 2.24) is 0 Å². The van der Waals surface area contributed by atoms with Crippen LogP contribution in [0.25, 0.3) is 27.8 Å². The Morgan fingerprint density at radius 2 is 0.842 bits per heavy atom. The van der Waals surface area contributed by atoms with Crippen molar-refractivity contribution in [1.29, 1.82) is 0 Å².